The normalized spacial score (nSPS) is 17.5. The minimum absolute atomic E-state index is 0.0144. The van der Waals surface area contributed by atoms with Crippen molar-refractivity contribution in [1.29, 1.82) is 0 Å². The summed E-state index contributed by atoms with van der Waals surface area (Å²) >= 11 is 0. The maximum atomic E-state index is 14.9. The van der Waals surface area contributed by atoms with E-state index in [0.29, 0.717) is 24.7 Å². The van der Waals surface area contributed by atoms with Crippen molar-refractivity contribution in [2.45, 2.75) is 39.7 Å². The first-order chi connectivity index (χ1) is 13.1. The number of carboxylic acid groups (broad SMARTS) is 1. The lowest BCUT2D eigenvalue weighted by atomic mass is 10.1. The van der Waals surface area contributed by atoms with Gasteiger partial charge in [0, 0.05) is 24.8 Å². The van der Waals surface area contributed by atoms with Gasteiger partial charge in [0.1, 0.15) is 11.2 Å². The molecular formula is C20H27FN4O3. The summed E-state index contributed by atoms with van der Waals surface area (Å²) in [7, 11) is 0. The Morgan fingerprint density at radius 2 is 2.14 bits per heavy atom. The third-order valence-electron chi connectivity index (χ3n) is 5.13. The van der Waals surface area contributed by atoms with E-state index in [1.54, 1.807) is 4.57 Å². The highest BCUT2D eigenvalue weighted by Crippen LogP contribution is 2.28. The number of rotatable bonds is 5. The third-order valence-corrected chi connectivity index (χ3v) is 5.13. The molecule has 3 heterocycles. The highest BCUT2D eigenvalue weighted by molar-refractivity contribution is 5.92. The van der Waals surface area contributed by atoms with Crippen LogP contribution in [0.15, 0.2) is 17.1 Å². The van der Waals surface area contributed by atoms with Crippen LogP contribution in [0.1, 0.15) is 44.5 Å². The van der Waals surface area contributed by atoms with E-state index >= 15 is 0 Å². The quantitative estimate of drug-likeness (QED) is 0.815. The van der Waals surface area contributed by atoms with Gasteiger partial charge in [-0.3, -0.25) is 4.79 Å². The minimum atomic E-state index is -1.33. The van der Waals surface area contributed by atoms with Gasteiger partial charge in [-0.15, -0.1) is 0 Å². The zero-order chi connectivity index (χ0) is 20.6. The molecule has 0 bridgehead atoms. The average Bonchev–Trinajstić information content (AvgIpc) is 3.07. The first-order valence-electron chi connectivity index (χ1n) is 9.58. The van der Waals surface area contributed by atoms with E-state index in [2.05, 4.69) is 17.2 Å². The number of hydrogen-bond donors (Lipinski definition) is 2. The zero-order valence-electron chi connectivity index (χ0n) is 16.8. The van der Waals surface area contributed by atoms with Gasteiger partial charge >= 0.3 is 5.97 Å². The molecule has 1 atom stereocenters. The number of carboxylic acids is 1. The number of aromatic nitrogens is 2. The van der Waals surface area contributed by atoms with E-state index in [0.717, 1.165) is 25.6 Å². The molecule has 28 heavy (non-hydrogen) atoms. The number of aromatic carboxylic acids is 1. The Morgan fingerprint density at radius 1 is 1.43 bits per heavy atom. The number of carbonyl (C=O) groups is 1. The number of fused-ring (bicyclic) bond motifs is 1. The van der Waals surface area contributed by atoms with Gasteiger partial charge in [0.2, 0.25) is 5.43 Å². The molecule has 1 saturated heterocycles. The fourth-order valence-corrected chi connectivity index (χ4v) is 3.64. The van der Waals surface area contributed by atoms with Gasteiger partial charge in [-0.25, -0.2) is 14.2 Å². The predicted octanol–water partition coefficient (Wildman–Crippen LogP) is 2.42. The van der Waals surface area contributed by atoms with Gasteiger partial charge in [-0.1, -0.05) is 6.92 Å². The first kappa shape index (κ1) is 20.3. The van der Waals surface area contributed by atoms with Gasteiger partial charge < -0.3 is 19.9 Å². The molecule has 0 saturated carbocycles. The standard InChI is InChI=1S/C20H27FN4O3/c1-5-22-9-12-6-7-24(10-12)18-15(21)8-13-16(26)14(19(27)28)11-25(17(13)23-18)20(2,3)4/h8,11-12,22H,5-7,9-10H2,1-4H3,(H,27,28). The number of hydrogen-bond acceptors (Lipinski definition) is 5. The predicted molar refractivity (Wildman–Crippen MR) is 107 cm³/mol. The van der Waals surface area contributed by atoms with Gasteiger partial charge in [0.25, 0.3) is 0 Å². The summed E-state index contributed by atoms with van der Waals surface area (Å²) in [6.07, 6.45) is 2.25. The number of pyridine rings is 2. The lowest BCUT2D eigenvalue weighted by molar-refractivity contribution is 0.0694. The van der Waals surface area contributed by atoms with Crippen LogP contribution in [-0.4, -0.2) is 46.8 Å². The second kappa shape index (κ2) is 7.50. The molecule has 1 fully saturated rings. The van der Waals surface area contributed by atoms with E-state index in [-0.39, 0.29) is 16.8 Å². The summed E-state index contributed by atoms with van der Waals surface area (Å²) in [5, 5.41) is 12.7. The van der Waals surface area contributed by atoms with E-state index < -0.39 is 22.8 Å². The van der Waals surface area contributed by atoms with Crippen LogP contribution in [0.5, 0.6) is 0 Å². The summed E-state index contributed by atoms with van der Waals surface area (Å²) in [6.45, 7) is 10.8. The average molecular weight is 390 g/mol. The maximum Gasteiger partial charge on any atom is 0.341 e. The highest BCUT2D eigenvalue weighted by Gasteiger charge is 2.28. The smallest absolute Gasteiger partial charge is 0.341 e. The van der Waals surface area contributed by atoms with E-state index in [1.165, 1.54) is 6.20 Å². The zero-order valence-corrected chi connectivity index (χ0v) is 16.8. The van der Waals surface area contributed by atoms with Crippen molar-refractivity contribution in [2.24, 2.45) is 5.92 Å². The number of nitrogens with one attached hydrogen (secondary N) is 1. The maximum absolute atomic E-state index is 14.9. The lowest BCUT2D eigenvalue weighted by Crippen LogP contribution is -2.30. The monoisotopic (exact) mass is 390 g/mol. The number of anilines is 1. The van der Waals surface area contributed by atoms with Gasteiger partial charge in [-0.2, -0.15) is 0 Å². The molecule has 2 aromatic heterocycles. The highest BCUT2D eigenvalue weighted by atomic mass is 19.1. The molecule has 7 nitrogen and oxygen atoms in total. The van der Waals surface area contributed by atoms with Gasteiger partial charge in [0.15, 0.2) is 11.6 Å². The van der Waals surface area contributed by atoms with Crippen LogP contribution >= 0.6 is 0 Å². The van der Waals surface area contributed by atoms with E-state index in [1.807, 2.05) is 25.7 Å². The van der Waals surface area contributed by atoms with Crippen LogP contribution in [0.4, 0.5) is 10.2 Å². The van der Waals surface area contributed by atoms with Crippen LogP contribution in [0, 0.1) is 11.7 Å². The first-order valence-corrected chi connectivity index (χ1v) is 9.58. The van der Waals surface area contributed by atoms with E-state index in [9.17, 15) is 19.1 Å². The van der Waals surface area contributed by atoms with Crippen molar-refractivity contribution < 1.29 is 14.3 Å². The van der Waals surface area contributed by atoms with Crippen LogP contribution in [0.3, 0.4) is 0 Å². The van der Waals surface area contributed by atoms with Gasteiger partial charge in [0.05, 0.1) is 5.39 Å². The summed E-state index contributed by atoms with van der Waals surface area (Å²) in [5.41, 5.74) is -1.33. The molecule has 0 aromatic carbocycles. The minimum Gasteiger partial charge on any atom is -0.477 e. The molecule has 1 unspecified atom stereocenters. The fourth-order valence-electron chi connectivity index (χ4n) is 3.64. The van der Waals surface area contributed by atoms with Crippen molar-refractivity contribution in [1.82, 2.24) is 14.9 Å². The third kappa shape index (κ3) is 3.73. The Labute approximate surface area is 163 Å². The Morgan fingerprint density at radius 3 is 2.75 bits per heavy atom. The second-order valence-electron chi connectivity index (χ2n) is 8.29. The largest absolute Gasteiger partial charge is 0.477 e. The molecule has 2 N–H and O–H groups in total. The SMILES string of the molecule is CCNCC1CCN(c2nc3c(cc2F)c(=O)c(C(=O)O)cn3C(C)(C)C)C1. The van der Waals surface area contributed by atoms with Crippen LogP contribution < -0.4 is 15.6 Å². The Kier molecular flexibility index (Phi) is 5.43. The van der Waals surface area contributed by atoms with Crippen LogP contribution in [0.2, 0.25) is 0 Å². The number of halogens is 1. The van der Waals surface area contributed by atoms with Crippen molar-refractivity contribution in [3.8, 4) is 0 Å². The fraction of sp³-hybridized carbons (Fsp3) is 0.550. The van der Waals surface area contributed by atoms with E-state index in [4.69, 9.17) is 0 Å². The van der Waals surface area contributed by atoms with Crippen LogP contribution in [0.25, 0.3) is 11.0 Å². The van der Waals surface area contributed by atoms with Crippen molar-refractivity contribution in [3.05, 3.63) is 33.9 Å². The Balaban J connectivity index is 2.13. The van der Waals surface area contributed by atoms with Crippen molar-refractivity contribution >= 4 is 22.8 Å². The Hall–Kier alpha value is -2.48. The molecular weight excluding hydrogens is 363 g/mol. The van der Waals surface area contributed by atoms with Crippen molar-refractivity contribution in [3.63, 3.8) is 0 Å². The molecule has 1 aliphatic rings. The molecule has 0 spiro atoms. The molecule has 8 heteroatoms. The number of nitrogens with zero attached hydrogens (tertiary/aromatic N) is 3. The lowest BCUT2D eigenvalue weighted by Gasteiger charge is -2.26. The molecule has 0 amide bonds. The molecule has 0 radical (unpaired) electrons. The summed E-state index contributed by atoms with van der Waals surface area (Å²) < 4.78 is 16.5. The summed E-state index contributed by atoms with van der Waals surface area (Å²) in [5.74, 6) is -1.31. The Bertz CT molecular complexity index is 965. The molecule has 2 aromatic rings. The molecule has 1 aliphatic heterocycles. The van der Waals surface area contributed by atoms with Gasteiger partial charge in [-0.05, 0) is 52.3 Å². The molecule has 3 rings (SSSR count). The topological polar surface area (TPSA) is 87.5 Å². The molecule has 0 aliphatic carbocycles. The van der Waals surface area contributed by atoms with Crippen molar-refractivity contribution in [2.75, 3.05) is 31.1 Å². The molecule has 152 valence electrons. The summed E-state index contributed by atoms with van der Waals surface area (Å²) in [6, 6.07) is 1.13. The second-order valence-corrected chi connectivity index (χ2v) is 8.29. The van der Waals surface area contributed by atoms with Crippen LogP contribution in [-0.2, 0) is 5.54 Å². The summed E-state index contributed by atoms with van der Waals surface area (Å²) in [4.78, 5) is 30.5.